The van der Waals surface area contributed by atoms with E-state index >= 15 is 0 Å². The Morgan fingerprint density at radius 3 is 2.61 bits per heavy atom. The molecule has 8 nitrogen and oxygen atoms in total. The SMILES string of the molecule is CC(=O)N1C[C@H]2CN(c3cc(N)nc(N4CCOCC4)n3)C[C@H]2[C@@H]1c1ccccc1C. The molecule has 4 heterocycles. The van der Waals surface area contributed by atoms with Crippen LogP contribution in [0.2, 0.25) is 0 Å². The Hall–Kier alpha value is -2.87. The van der Waals surface area contributed by atoms with Gasteiger partial charge in [0.25, 0.3) is 0 Å². The second kappa shape index (κ2) is 8.00. The highest BCUT2D eigenvalue weighted by Crippen LogP contribution is 2.46. The van der Waals surface area contributed by atoms with Crippen LogP contribution in [0.25, 0.3) is 0 Å². The van der Waals surface area contributed by atoms with Gasteiger partial charge in [-0.3, -0.25) is 4.79 Å². The largest absolute Gasteiger partial charge is 0.383 e. The molecular formula is C23H30N6O2. The average Bonchev–Trinajstić information content (AvgIpc) is 3.33. The summed E-state index contributed by atoms with van der Waals surface area (Å²) in [6.07, 6.45) is 0. The van der Waals surface area contributed by atoms with Crippen LogP contribution in [0.15, 0.2) is 30.3 Å². The molecule has 3 saturated heterocycles. The fourth-order valence-electron chi connectivity index (χ4n) is 5.38. The molecule has 8 heteroatoms. The molecule has 2 N–H and O–H groups in total. The zero-order chi connectivity index (χ0) is 21.5. The smallest absolute Gasteiger partial charge is 0.229 e. The molecule has 0 saturated carbocycles. The number of morpholine rings is 1. The van der Waals surface area contributed by atoms with Gasteiger partial charge in [-0.1, -0.05) is 24.3 Å². The summed E-state index contributed by atoms with van der Waals surface area (Å²) in [5.74, 6) is 2.97. The average molecular weight is 423 g/mol. The number of aromatic nitrogens is 2. The molecule has 5 rings (SSSR count). The number of ether oxygens (including phenoxy) is 1. The Labute approximate surface area is 183 Å². The minimum Gasteiger partial charge on any atom is -0.383 e. The van der Waals surface area contributed by atoms with Gasteiger partial charge in [0.15, 0.2) is 0 Å². The molecule has 3 fully saturated rings. The molecule has 0 spiro atoms. The van der Waals surface area contributed by atoms with Crippen molar-refractivity contribution < 1.29 is 9.53 Å². The molecule has 1 amide bonds. The summed E-state index contributed by atoms with van der Waals surface area (Å²) in [5.41, 5.74) is 8.65. The lowest BCUT2D eigenvalue weighted by Gasteiger charge is -2.31. The maximum atomic E-state index is 12.4. The number of hydrogen-bond donors (Lipinski definition) is 1. The van der Waals surface area contributed by atoms with Gasteiger partial charge in [-0.05, 0) is 18.1 Å². The van der Waals surface area contributed by atoms with Gasteiger partial charge in [0.05, 0.1) is 19.3 Å². The zero-order valence-electron chi connectivity index (χ0n) is 18.2. The maximum Gasteiger partial charge on any atom is 0.229 e. The van der Waals surface area contributed by atoms with E-state index in [4.69, 9.17) is 15.5 Å². The van der Waals surface area contributed by atoms with Crippen LogP contribution in [0.3, 0.4) is 0 Å². The van der Waals surface area contributed by atoms with Gasteiger partial charge in [-0.25, -0.2) is 0 Å². The van der Waals surface area contributed by atoms with E-state index in [1.165, 1.54) is 11.1 Å². The molecule has 0 radical (unpaired) electrons. The Morgan fingerprint density at radius 2 is 1.87 bits per heavy atom. The van der Waals surface area contributed by atoms with Gasteiger partial charge < -0.3 is 25.2 Å². The lowest BCUT2D eigenvalue weighted by Crippen LogP contribution is -2.38. The number of anilines is 3. The van der Waals surface area contributed by atoms with Gasteiger partial charge in [0.1, 0.15) is 11.6 Å². The van der Waals surface area contributed by atoms with Gasteiger partial charge in [0.2, 0.25) is 11.9 Å². The topological polar surface area (TPSA) is 87.8 Å². The van der Waals surface area contributed by atoms with E-state index in [1.54, 1.807) is 6.92 Å². The Morgan fingerprint density at radius 1 is 1.10 bits per heavy atom. The van der Waals surface area contributed by atoms with Crippen molar-refractivity contribution in [2.75, 3.05) is 61.5 Å². The normalized spacial score (nSPS) is 25.7. The van der Waals surface area contributed by atoms with Crippen LogP contribution in [0.4, 0.5) is 17.6 Å². The van der Waals surface area contributed by atoms with Gasteiger partial charge in [-0.15, -0.1) is 0 Å². The summed E-state index contributed by atoms with van der Waals surface area (Å²) in [4.78, 5) is 28.3. The summed E-state index contributed by atoms with van der Waals surface area (Å²) in [5, 5.41) is 0. The van der Waals surface area contributed by atoms with Crippen molar-refractivity contribution in [2.45, 2.75) is 19.9 Å². The monoisotopic (exact) mass is 422 g/mol. The molecule has 3 aliphatic rings. The third-order valence-electron chi connectivity index (χ3n) is 6.91. The van der Waals surface area contributed by atoms with E-state index in [2.05, 4.69) is 50.9 Å². The Kier molecular flexibility index (Phi) is 5.17. The number of rotatable bonds is 3. The van der Waals surface area contributed by atoms with Crippen molar-refractivity contribution in [2.24, 2.45) is 11.8 Å². The first-order valence-electron chi connectivity index (χ1n) is 11.1. The van der Waals surface area contributed by atoms with Gasteiger partial charge in [0, 0.05) is 57.5 Å². The molecule has 3 atom stereocenters. The second-order valence-corrected chi connectivity index (χ2v) is 8.85. The first-order valence-corrected chi connectivity index (χ1v) is 11.1. The number of likely N-dealkylation sites (tertiary alicyclic amines) is 1. The van der Waals surface area contributed by atoms with Crippen LogP contribution in [0.5, 0.6) is 0 Å². The molecule has 2 aromatic rings. The zero-order valence-corrected chi connectivity index (χ0v) is 18.2. The predicted octanol–water partition coefficient (Wildman–Crippen LogP) is 1.86. The first kappa shape index (κ1) is 20.1. The van der Waals surface area contributed by atoms with E-state index in [0.717, 1.165) is 38.5 Å². The van der Waals surface area contributed by atoms with Crippen molar-refractivity contribution in [3.05, 3.63) is 41.5 Å². The number of nitrogens with two attached hydrogens (primary N) is 1. The molecule has 1 aromatic heterocycles. The Bertz CT molecular complexity index is 976. The van der Waals surface area contributed by atoms with E-state index < -0.39 is 0 Å². The highest BCUT2D eigenvalue weighted by atomic mass is 16.5. The van der Waals surface area contributed by atoms with Crippen molar-refractivity contribution in [3.63, 3.8) is 0 Å². The minimum atomic E-state index is 0.103. The number of nitrogens with zero attached hydrogens (tertiary/aromatic N) is 5. The Balaban J connectivity index is 1.42. The summed E-state index contributed by atoms with van der Waals surface area (Å²) in [7, 11) is 0. The van der Waals surface area contributed by atoms with Crippen LogP contribution in [-0.4, -0.2) is 66.7 Å². The number of fused-ring (bicyclic) bond motifs is 1. The highest BCUT2D eigenvalue weighted by molar-refractivity contribution is 5.74. The molecule has 0 bridgehead atoms. The summed E-state index contributed by atoms with van der Waals surface area (Å²) < 4.78 is 5.45. The van der Waals surface area contributed by atoms with E-state index in [9.17, 15) is 4.79 Å². The summed E-state index contributed by atoms with van der Waals surface area (Å²) in [6, 6.07) is 10.4. The van der Waals surface area contributed by atoms with Crippen LogP contribution >= 0.6 is 0 Å². The van der Waals surface area contributed by atoms with Crippen LogP contribution in [0, 0.1) is 18.8 Å². The predicted molar refractivity (Wildman–Crippen MR) is 120 cm³/mol. The number of nitrogen functional groups attached to an aromatic ring is 1. The number of aryl methyl sites for hydroxylation is 1. The highest BCUT2D eigenvalue weighted by Gasteiger charge is 2.49. The maximum absolute atomic E-state index is 12.4. The van der Waals surface area contributed by atoms with Crippen molar-refractivity contribution in [3.8, 4) is 0 Å². The standard InChI is InChI=1S/C23H30N6O2/c1-15-5-3-4-6-18(15)22-19-14-28(12-17(19)13-29(22)16(2)30)21-11-20(24)25-23(26-21)27-7-9-31-10-8-27/h3-6,11,17,19,22H,7-10,12-14H2,1-2H3,(H2,24,25,26)/t17-,19-,22+/m1/s1. The minimum absolute atomic E-state index is 0.103. The van der Waals surface area contributed by atoms with Gasteiger partial charge >= 0.3 is 0 Å². The molecule has 1 aromatic carbocycles. The molecule has 0 aliphatic carbocycles. The third-order valence-corrected chi connectivity index (χ3v) is 6.91. The fourth-order valence-corrected chi connectivity index (χ4v) is 5.38. The number of benzene rings is 1. The van der Waals surface area contributed by atoms with E-state index in [1.807, 2.05) is 6.07 Å². The third kappa shape index (κ3) is 3.69. The quantitative estimate of drug-likeness (QED) is 0.808. The van der Waals surface area contributed by atoms with E-state index in [0.29, 0.717) is 36.8 Å². The number of carbonyl (C=O) groups is 1. The number of amides is 1. The second-order valence-electron chi connectivity index (χ2n) is 8.85. The summed E-state index contributed by atoms with van der Waals surface area (Å²) in [6.45, 7) is 9.24. The lowest BCUT2D eigenvalue weighted by atomic mass is 9.87. The molecule has 31 heavy (non-hydrogen) atoms. The molecule has 164 valence electrons. The van der Waals surface area contributed by atoms with Crippen LogP contribution in [0.1, 0.15) is 24.1 Å². The molecule has 3 aliphatic heterocycles. The molecular weight excluding hydrogens is 392 g/mol. The lowest BCUT2D eigenvalue weighted by molar-refractivity contribution is -0.130. The van der Waals surface area contributed by atoms with Crippen LogP contribution < -0.4 is 15.5 Å². The van der Waals surface area contributed by atoms with Crippen LogP contribution in [-0.2, 0) is 9.53 Å². The first-order chi connectivity index (χ1) is 15.0. The number of hydrogen-bond acceptors (Lipinski definition) is 7. The van der Waals surface area contributed by atoms with Crippen molar-refractivity contribution in [1.29, 1.82) is 0 Å². The van der Waals surface area contributed by atoms with Crippen molar-refractivity contribution >= 4 is 23.5 Å². The van der Waals surface area contributed by atoms with Gasteiger partial charge in [-0.2, -0.15) is 9.97 Å². The fraction of sp³-hybridized carbons (Fsp3) is 0.522. The summed E-state index contributed by atoms with van der Waals surface area (Å²) >= 11 is 0. The number of carbonyl (C=O) groups excluding carboxylic acids is 1. The van der Waals surface area contributed by atoms with Crippen molar-refractivity contribution in [1.82, 2.24) is 14.9 Å². The molecule has 0 unspecified atom stereocenters. The van der Waals surface area contributed by atoms with E-state index in [-0.39, 0.29) is 11.9 Å².